The van der Waals surface area contributed by atoms with Crippen LogP contribution < -0.4 is 9.64 Å². The fraction of sp³-hybridized carbons (Fsp3) is 0.480. The molecule has 0 aliphatic carbocycles. The van der Waals surface area contributed by atoms with Crippen molar-refractivity contribution in [3.63, 3.8) is 0 Å². The Labute approximate surface area is 182 Å². The van der Waals surface area contributed by atoms with Crippen LogP contribution in [0.5, 0.6) is 5.75 Å². The first-order valence-corrected chi connectivity index (χ1v) is 10.9. The smallest absolute Gasteiger partial charge is 0.255 e. The van der Waals surface area contributed by atoms with Gasteiger partial charge in [0.15, 0.2) is 0 Å². The van der Waals surface area contributed by atoms with E-state index in [1.165, 1.54) is 12.1 Å². The van der Waals surface area contributed by atoms with Gasteiger partial charge in [0.05, 0.1) is 13.2 Å². The topological polar surface area (TPSA) is 32.8 Å². The zero-order valence-corrected chi connectivity index (χ0v) is 18.7. The maximum Gasteiger partial charge on any atom is 0.255 e. The molecular weight excluding hydrogens is 398 g/mol. The zero-order chi connectivity index (χ0) is 22.3. The SMILES string of the molecule is Cc1cc(F)c(N2CCC(COc3cccc4c3CN(C(C)(C)C)C4=O)CC2)c(F)c1. The minimum atomic E-state index is -0.500. The number of amides is 1. The van der Waals surface area contributed by atoms with Crippen LogP contribution in [0.3, 0.4) is 0 Å². The molecule has 1 saturated heterocycles. The Bertz CT molecular complexity index is 968. The molecule has 0 saturated carbocycles. The van der Waals surface area contributed by atoms with Crippen LogP contribution in [-0.2, 0) is 6.54 Å². The van der Waals surface area contributed by atoms with Crippen molar-refractivity contribution in [2.45, 2.75) is 52.6 Å². The summed E-state index contributed by atoms with van der Waals surface area (Å²) in [6.07, 6.45) is 1.60. The normalized spacial score (nSPS) is 17.3. The Balaban J connectivity index is 1.38. The number of aryl methyl sites for hydroxylation is 1. The van der Waals surface area contributed by atoms with E-state index in [4.69, 9.17) is 4.74 Å². The Hall–Kier alpha value is -2.63. The number of carbonyl (C=O) groups is 1. The third-order valence-corrected chi connectivity index (χ3v) is 6.30. The highest BCUT2D eigenvalue weighted by atomic mass is 19.1. The van der Waals surface area contributed by atoms with Crippen LogP contribution in [0, 0.1) is 24.5 Å². The highest BCUT2D eigenvalue weighted by Gasteiger charge is 2.36. The zero-order valence-electron chi connectivity index (χ0n) is 18.7. The van der Waals surface area contributed by atoms with E-state index in [1.54, 1.807) is 11.8 Å². The van der Waals surface area contributed by atoms with Gasteiger partial charge in [-0.1, -0.05) is 6.07 Å². The molecule has 4 rings (SSSR count). The standard InChI is InChI=1S/C25H30F2N2O2/c1-16-12-20(26)23(21(27)13-16)28-10-8-17(9-11-28)15-31-22-7-5-6-18-19(22)14-29(24(18)30)25(2,3)4/h5-7,12-13,17H,8-11,14-15H2,1-4H3. The van der Waals surface area contributed by atoms with Gasteiger partial charge in [0, 0.05) is 29.8 Å². The summed E-state index contributed by atoms with van der Waals surface area (Å²) in [5.74, 6) is 0.110. The van der Waals surface area contributed by atoms with Crippen LogP contribution in [0.15, 0.2) is 30.3 Å². The van der Waals surface area contributed by atoms with Crippen molar-refractivity contribution < 1.29 is 18.3 Å². The summed E-state index contributed by atoms with van der Waals surface area (Å²) in [6, 6.07) is 8.41. The molecule has 0 bridgehead atoms. The number of hydrogen-bond acceptors (Lipinski definition) is 3. The third kappa shape index (κ3) is 4.25. The molecule has 0 aromatic heterocycles. The van der Waals surface area contributed by atoms with Crippen LogP contribution in [-0.4, -0.2) is 36.0 Å². The maximum atomic E-state index is 14.3. The van der Waals surface area contributed by atoms with Crippen LogP contribution in [0.4, 0.5) is 14.5 Å². The molecule has 2 heterocycles. The molecule has 0 radical (unpaired) electrons. The second-order valence-electron chi connectivity index (χ2n) is 9.66. The molecule has 4 nitrogen and oxygen atoms in total. The monoisotopic (exact) mass is 428 g/mol. The lowest BCUT2D eigenvalue weighted by molar-refractivity contribution is 0.0608. The molecule has 2 aliphatic heterocycles. The van der Waals surface area contributed by atoms with Gasteiger partial charge in [0.25, 0.3) is 5.91 Å². The number of carbonyl (C=O) groups excluding carboxylic acids is 1. The Morgan fingerprint density at radius 3 is 2.35 bits per heavy atom. The van der Waals surface area contributed by atoms with Gasteiger partial charge in [0.2, 0.25) is 0 Å². The average Bonchev–Trinajstić information content (AvgIpc) is 3.04. The summed E-state index contributed by atoms with van der Waals surface area (Å²) in [6.45, 7) is 10.1. The van der Waals surface area contributed by atoms with Gasteiger partial charge >= 0.3 is 0 Å². The lowest BCUT2D eigenvalue weighted by atomic mass is 9.97. The van der Waals surface area contributed by atoms with Gasteiger partial charge in [-0.25, -0.2) is 8.78 Å². The Morgan fingerprint density at radius 2 is 1.74 bits per heavy atom. The second-order valence-corrected chi connectivity index (χ2v) is 9.66. The van der Waals surface area contributed by atoms with Crippen molar-refractivity contribution in [2.75, 3.05) is 24.6 Å². The summed E-state index contributed by atoms with van der Waals surface area (Å²) in [5.41, 5.74) is 2.07. The molecule has 0 unspecified atom stereocenters. The number of anilines is 1. The summed E-state index contributed by atoms with van der Waals surface area (Å²) in [4.78, 5) is 16.4. The predicted molar refractivity (Wildman–Crippen MR) is 118 cm³/mol. The van der Waals surface area contributed by atoms with Crippen molar-refractivity contribution in [1.29, 1.82) is 0 Å². The molecule has 166 valence electrons. The molecule has 0 spiro atoms. The summed E-state index contributed by atoms with van der Waals surface area (Å²) in [7, 11) is 0. The Morgan fingerprint density at radius 1 is 1.10 bits per heavy atom. The maximum absolute atomic E-state index is 14.3. The van der Waals surface area contributed by atoms with Gasteiger partial charge in [-0.2, -0.15) is 0 Å². The molecule has 2 aromatic rings. The largest absolute Gasteiger partial charge is 0.493 e. The number of fused-ring (bicyclic) bond motifs is 1. The second kappa shape index (κ2) is 8.13. The van der Waals surface area contributed by atoms with Crippen LogP contribution in [0.2, 0.25) is 0 Å². The van der Waals surface area contributed by atoms with Crippen molar-refractivity contribution in [3.05, 3.63) is 58.7 Å². The van der Waals surface area contributed by atoms with Crippen LogP contribution in [0.25, 0.3) is 0 Å². The number of halogens is 2. The van der Waals surface area contributed by atoms with Gasteiger partial charge in [-0.3, -0.25) is 4.79 Å². The fourth-order valence-corrected chi connectivity index (χ4v) is 4.51. The van der Waals surface area contributed by atoms with Crippen molar-refractivity contribution >= 4 is 11.6 Å². The Kier molecular flexibility index (Phi) is 5.67. The lowest BCUT2D eigenvalue weighted by Gasteiger charge is -2.34. The van der Waals surface area contributed by atoms with Crippen molar-refractivity contribution in [3.8, 4) is 5.75 Å². The quantitative estimate of drug-likeness (QED) is 0.661. The summed E-state index contributed by atoms with van der Waals surface area (Å²) < 4.78 is 34.8. The van der Waals surface area contributed by atoms with E-state index in [2.05, 4.69) is 0 Å². The molecule has 1 amide bonds. The minimum absolute atomic E-state index is 0.0448. The number of piperidine rings is 1. The lowest BCUT2D eigenvalue weighted by Crippen LogP contribution is -2.41. The first kappa shape index (κ1) is 21.6. The van der Waals surface area contributed by atoms with Gasteiger partial charge < -0.3 is 14.5 Å². The number of ether oxygens (including phenoxy) is 1. The van der Waals surface area contributed by atoms with Gasteiger partial charge in [0.1, 0.15) is 23.1 Å². The predicted octanol–water partition coefficient (Wildman–Crippen LogP) is 5.32. The van der Waals surface area contributed by atoms with E-state index in [1.807, 2.05) is 43.9 Å². The van der Waals surface area contributed by atoms with Crippen molar-refractivity contribution in [1.82, 2.24) is 4.90 Å². The third-order valence-electron chi connectivity index (χ3n) is 6.30. The highest BCUT2D eigenvalue weighted by molar-refractivity contribution is 5.99. The van der Waals surface area contributed by atoms with E-state index in [9.17, 15) is 13.6 Å². The molecule has 2 aliphatic rings. The first-order chi connectivity index (χ1) is 14.6. The highest BCUT2D eigenvalue weighted by Crippen LogP contribution is 2.35. The van der Waals surface area contributed by atoms with Gasteiger partial charge in [-0.05, 0) is 76.3 Å². The molecule has 2 aromatic carbocycles. The average molecular weight is 429 g/mol. The molecule has 0 N–H and O–H groups in total. The van der Waals surface area contributed by atoms with Crippen molar-refractivity contribution in [2.24, 2.45) is 5.92 Å². The molecule has 1 fully saturated rings. The van der Waals surface area contributed by atoms with E-state index < -0.39 is 11.6 Å². The molecular formula is C25H30F2N2O2. The minimum Gasteiger partial charge on any atom is -0.493 e. The van der Waals surface area contributed by atoms with Crippen LogP contribution in [0.1, 0.15) is 55.1 Å². The van der Waals surface area contributed by atoms with E-state index in [-0.39, 0.29) is 17.1 Å². The summed E-state index contributed by atoms with van der Waals surface area (Å²) in [5, 5.41) is 0. The molecule has 0 atom stereocenters. The molecule has 31 heavy (non-hydrogen) atoms. The van der Waals surface area contributed by atoms with E-state index in [0.29, 0.717) is 43.3 Å². The van der Waals surface area contributed by atoms with Crippen LogP contribution >= 0.6 is 0 Å². The number of nitrogens with zero attached hydrogens (tertiary/aromatic N) is 2. The number of rotatable bonds is 4. The molecule has 6 heteroatoms. The number of hydrogen-bond donors (Lipinski definition) is 0. The fourth-order valence-electron chi connectivity index (χ4n) is 4.51. The van der Waals surface area contributed by atoms with Gasteiger partial charge in [-0.15, -0.1) is 0 Å². The summed E-state index contributed by atoms with van der Waals surface area (Å²) >= 11 is 0. The van der Waals surface area contributed by atoms with E-state index in [0.717, 1.165) is 24.2 Å². The first-order valence-electron chi connectivity index (χ1n) is 10.9. The number of benzene rings is 2. The van der Waals surface area contributed by atoms with E-state index >= 15 is 0 Å².